The summed E-state index contributed by atoms with van der Waals surface area (Å²) in [6.07, 6.45) is 0.0788. The van der Waals surface area contributed by atoms with E-state index < -0.39 is 83.8 Å². The zero-order valence-electron chi connectivity index (χ0n) is 32.5. The Morgan fingerprint density at radius 1 is 0.649 bits per heavy atom. The van der Waals surface area contributed by atoms with Crippen LogP contribution in [0.25, 0.3) is 0 Å². The largest absolute Gasteiger partial charge is 0.480 e. The molecule has 0 aliphatic rings. The number of benzene rings is 1. The average Bonchev–Trinajstić information content (AvgIpc) is 3.15. The second-order valence-corrected chi connectivity index (χ2v) is 13.6. The lowest BCUT2D eigenvalue weighted by molar-refractivity contribution is -0.143. The number of aliphatic imine (C=N–C) groups is 1. The highest BCUT2D eigenvalue weighted by molar-refractivity contribution is 5.96. The van der Waals surface area contributed by atoms with Gasteiger partial charge >= 0.3 is 5.97 Å². The lowest BCUT2D eigenvalue weighted by Crippen LogP contribution is -2.61. The van der Waals surface area contributed by atoms with Crippen LogP contribution in [0.1, 0.15) is 76.7 Å². The van der Waals surface area contributed by atoms with Crippen molar-refractivity contribution in [2.75, 3.05) is 19.6 Å². The normalized spacial score (nSPS) is 14.6. The molecule has 57 heavy (non-hydrogen) atoms. The van der Waals surface area contributed by atoms with E-state index in [0.29, 0.717) is 25.7 Å². The van der Waals surface area contributed by atoms with Gasteiger partial charge in [0.25, 0.3) is 0 Å². The predicted octanol–water partition coefficient (Wildman–Crippen LogP) is -3.98. The maximum absolute atomic E-state index is 13.8. The van der Waals surface area contributed by atoms with Crippen LogP contribution in [0.15, 0.2) is 35.3 Å². The summed E-state index contributed by atoms with van der Waals surface area (Å²) in [5.41, 5.74) is 34.1. The van der Waals surface area contributed by atoms with Crippen molar-refractivity contribution < 1.29 is 43.8 Å². The summed E-state index contributed by atoms with van der Waals surface area (Å²) >= 11 is 0. The minimum Gasteiger partial charge on any atom is -0.480 e. The van der Waals surface area contributed by atoms with Crippen LogP contribution in [0.5, 0.6) is 0 Å². The van der Waals surface area contributed by atoms with Gasteiger partial charge in [0.2, 0.25) is 35.4 Å². The average molecular weight is 807 g/mol. The number of carbonyl (C=O) groups excluding carboxylic acids is 6. The molecule has 0 saturated carbocycles. The number of aliphatic hydroxyl groups is 1. The molecule has 0 saturated heterocycles. The van der Waals surface area contributed by atoms with Gasteiger partial charge in [-0.15, -0.1) is 0 Å². The molecule has 0 aromatic heterocycles. The maximum atomic E-state index is 13.8. The maximum Gasteiger partial charge on any atom is 0.326 e. The third kappa shape index (κ3) is 20.4. The number of carboxylic acid groups (broad SMARTS) is 1. The van der Waals surface area contributed by atoms with Gasteiger partial charge in [0.15, 0.2) is 5.96 Å². The Bertz CT molecular complexity index is 1480. The molecule has 0 bridgehead atoms. The van der Waals surface area contributed by atoms with E-state index in [1.165, 1.54) is 6.92 Å². The Balaban J connectivity index is 3.24. The number of aliphatic carboxylic acids is 1. The highest BCUT2D eigenvalue weighted by Gasteiger charge is 2.34. The van der Waals surface area contributed by atoms with Gasteiger partial charge in [0.1, 0.15) is 30.2 Å². The van der Waals surface area contributed by atoms with E-state index in [0.717, 1.165) is 5.56 Å². The molecule has 0 fully saturated rings. The van der Waals surface area contributed by atoms with E-state index in [-0.39, 0.29) is 70.5 Å². The molecule has 7 atom stereocenters. The van der Waals surface area contributed by atoms with Gasteiger partial charge in [-0.05, 0) is 89.8 Å². The molecule has 21 heteroatoms. The van der Waals surface area contributed by atoms with Crippen molar-refractivity contribution in [2.24, 2.45) is 39.4 Å². The zero-order valence-corrected chi connectivity index (χ0v) is 32.5. The SMILES string of the molecule is CC(O)C(NC(=O)C(CCCCN)NC(=O)C(CCCCN)NC(=O)C(CCC(N)=O)NC(=O)C(N)Cc1ccccc1)C(=O)NC(CCCN=C(N)N)C(=O)O. The number of rotatable bonds is 29. The molecule has 1 rings (SSSR count). The Kier molecular flexibility index (Phi) is 23.7. The number of carboxylic acids is 1. The van der Waals surface area contributed by atoms with Crippen LogP contribution in [-0.4, -0.2) is 120 Å². The van der Waals surface area contributed by atoms with Gasteiger partial charge in [-0.1, -0.05) is 30.3 Å². The van der Waals surface area contributed by atoms with Gasteiger partial charge in [0.05, 0.1) is 12.1 Å². The number of primary amides is 1. The fraction of sp³-hybridized carbons (Fsp3) is 0.611. The van der Waals surface area contributed by atoms with Crippen LogP contribution in [0.3, 0.4) is 0 Å². The third-order valence-corrected chi connectivity index (χ3v) is 8.73. The Morgan fingerprint density at radius 2 is 1.12 bits per heavy atom. The molecule has 7 unspecified atom stereocenters. The van der Waals surface area contributed by atoms with Gasteiger partial charge in [-0.3, -0.25) is 33.8 Å². The highest BCUT2D eigenvalue weighted by Crippen LogP contribution is 2.10. The summed E-state index contributed by atoms with van der Waals surface area (Å²) in [5.74, 6) is -6.46. The summed E-state index contributed by atoms with van der Waals surface area (Å²) in [6, 6.07) is 0.986. The first-order chi connectivity index (χ1) is 27.0. The van der Waals surface area contributed by atoms with Crippen molar-refractivity contribution in [3.8, 4) is 0 Å². The summed E-state index contributed by atoms with van der Waals surface area (Å²) in [4.78, 5) is 94.7. The lowest BCUT2D eigenvalue weighted by Gasteiger charge is -2.28. The second kappa shape index (κ2) is 27.3. The number of guanidine groups is 1. The molecule has 0 spiro atoms. The van der Waals surface area contributed by atoms with Crippen LogP contribution < -0.4 is 61.0 Å². The summed E-state index contributed by atoms with van der Waals surface area (Å²) in [5, 5.41) is 32.6. The molecule has 320 valence electrons. The molecule has 21 nitrogen and oxygen atoms in total. The second-order valence-electron chi connectivity index (χ2n) is 13.6. The molecule has 0 aliphatic heterocycles. The van der Waals surface area contributed by atoms with Crippen molar-refractivity contribution in [3.05, 3.63) is 35.9 Å². The monoisotopic (exact) mass is 806 g/mol. The van der Waals surface area contributed by atoms with Crippen molar-refractivity contribution in [2.45, 2.75) is 120 Å². The number of aliphatic hydroxyl groups excluding tert-OH is 1. The number of carbonyl (C=O) groups is 7. The molecular formula is C36H62N12O9. The van der Waals surface area contributed by atoms with E-state index in [1.807, 2.05) is 0 Å². The first-order valence-electron chi connectivity index (χ1n) is 19.0. The van der Waals surface area contributed by atoms with Crippen molar-refractivity contribution >= 4 is 47.4 Å². The van der Waals surface area contributed by atoms with E-state index in [9.17, 15) is 43.8 Å². The Morgan fingerprint density at radius 3 is 1.60 bits per heavy atom. The third-order valence-electron chi connectivity index (χ3n) is 8.73. The fourth-order valence-corrected chi connectivity index (χ4v) is 5.54. The zero-order chi connectivity index (χ0) is 42.9. The molecule has 1 aromatic rings. The quantitative estimate of drug-likeness (QED) is 0.0209. The van der Waals surface area contributed by atoms with Gasteiger partial charge in [-0.2, -0.15) is 0 Å². The molecule has 0 radical (unpaired) electrons. The van der Waals surface area contributed by atoms with Gasteiger partial charge in [0, 0.05) is 13.0 Å². The van der Waals surface area contributed by atoms with Crippen molar-refractivity contribution in [1.82, 2.24) is 26.6 Å². The molecule has 6 amide bonds. The number of nitrogens with zero attached hydrogens (tertiary/aromatic N) is 1. The van der Waals surface area contributed by atoms with E-state index in [2.05, 4.69) is 31.6 Å². The highest BCUT2D eigenvalue weighted by atomic mass is 16.4. The van der Waals surface area contributed by atoms with Crippen molar-refractivity contribution in [3.63, 3.8) is 0 Å². The van der Waals surface area contributed by atoms with Crippen LogP contribution in [-0.2, 0) is 40.0 Å². The van der Waals surface area contributed by atoms with Crippen LogP contribution in [0.2, 0.25) is 0 Å². The number of hydrogen-bond donors (Lipinski definition) is 13. The number of nitrogens with two attached hydrogens (primary N) is 6. The minimum absolute atomic E-state index is 0.0333. The standard InChI is InChI=1S/C36H62N12O9/c1-21(49)29(34(55)47-27(35(56)57)14-9-19-43-36(41)42)48-33(54)25(13-6-8-18-38)46-31(52)24(12-5-7-17-37)45-32(53)26(15-16-28(40)50)44-30(51)23(39)20-22-10-3-2-4-11-22/h2-4,10-11,21,23-27,29,49H,5-9,12-20,37-39H2,1H3,(H2,40,50)(H,44,51)(H,45,53)(H,46,52)(H,47,55)(H,48,54)(H,56,57)(H4,41,42,43). The Labute approximate surface area is 332 Å². The first kappa shape index (κ1) is 49.6. The fourth-order valence-electron chi connectivity index (χ4n) is 5.54. The predicted molar refractivity (Wildman–Crippen MR) is 211 cm³/mol. The van der Waals surface area contributed by atoms with Gasteiger partial charge < -0.3 is 71.2 Å². The number of unbranched alkanes of at least 4 members (excludes halogenated alkanes) is 2. The molecule has 1 aromatic carbocycles. The number of hydrogen-bond acceptors (Lipinski definition) is 12. The minimum atomic E-state index is -1.63. The van der Waals surface area contributed by atoms with E-state index in [1.54, 1.807) is 30.3 Å². The number of nitrogens with one attached hydrogen (secondary N) is 5. The first-order valence-corrected chi connectivity index (χ1v) is 19.0. The Hall–Kier alpha value is -5.38. The topological polar surface area (TPSA) is 389 Å². The smallest absolute Gasteiger partial charge is 0.326 e. The van der Waals surface area contributed by atoms with Crippen molar-refractivity contribution in [1.29, 1.82) is 0 Å². The van der Waals surface area contributed by atoms with Gasteiger partial charge in [-0.25, -0.2) is 4.79 Å². The van der Waals surface area contributed by atoms with E-state index in [4.69, 9.17) is 34.4 Å². The van der Waals surface area contributed by atoms with Crippen LogP contribution in [0, 0.1) is 0 Å². The summed E-state index contributed by atoms with van der Waals surface area (Å²) in [7, 11) is 0. The summed E-state index contributed by atoms with van der Waals surface area (Å²) < 4.78 is 0. The van der Waals surface area contributed by atoms with E-state index >= 15 is 0 Å². The lowest BCUT2D eigenvalue weighted by atomic mass is 10.0. The molecule has 0 heterocycles. The summed E-state index contributed by atoms with van der Waals surface area (Å²) in [6.45, 7) is 1.87. The molecule has 0 aliphatic carbocycles. The molecular weight excluding hydrogens is 744 g/mol. The van der Waals surface area contributed by atoms with Crippen LogP contribution in [0.4, 0.5) is 0 Å². The number of amides is 6. The molecule has 19 N–H and O–H groups in total. The van der Waals surface area contributed by atoms with Crippen LogP contribution >= 0.6 is 0 Å².